The zero-order chi connectivity index (χ0) is 19.2. The van der Waals surface area contributed by atoms with Gasteiger partial charge >= 0.3 is 5.97 Å². The maximum absolute atomic E-state index is 12.7. The molecule has 4 aliphatic rings. The lowest BCUT2D eigenvalue weighted by Crippen LogP contribution is -2.55. The van der Waals surface area contributed by atoms with Crippen LogP contribution in [-0.4, -0.2) is 84.1 Å². The van der Waals surface area contributed by atoms with Crippen LogP contribution in [0.2, 0.25) is 0 Å². The van der Waals surface area contributed by atoms with Gasteiger partial charge in [0, 0.05) is 57.0 Å². The molecule has 0 unspecified atom stereocenters. The summed E-state index contributed by atoms with van der Waals surface area (Å²) in [5, 5.41) is 20.5. The molecule has 0 spiro atoms. The smallest absolute Gasteiger partial charge is 0.311 e. The first-order valence-electron chi connectivity index (χ1n) is 10.6. The lowest BCUT2D eigenvalue weighted by atomic mass is 9.55. The van der Waals surface area contributed by atoms with Gasteiger partial charge in [0.2, 0.25) is 0 Å². The Balaban J connectivity index is 1.48. The number of carbonyl (C=O) groups is 1. The summed E-state index contributed by atoms with van der Waals surface area (Å²) in [6.45, 7) is 9.65. The van der Waals surface area contributed by atoms with Gasteiger partial charge in [0.25, 0.3) is 0 Å². The SMILES string of the molecule is C[C@@H]1CCC=C2C[C@H]3OC(=O)[C@H](CN4CCN(CCO)CC4)[C@H]3[C@@H](O)[C@@]21C. The fourth-order valence-corrected chi connectivity index (χ4v) is 5.89. The van der Waals surface area contributed by atoms with Crippen molar-refractivity contribution in [3.63, 3.8) is 0 Å². The number of β-amino-alcohol motifs (C(OH)–C–C–N with tert-alkyl or cyclic N) is 1. The summed E-state index contributed by atoms with van der Waals surface area (Å²) in [5.74, 6) is -0.0401. The van der Waals surface area contributed by atoms with E-state index in [0.717, 1.165) is 45.4 Å². The molecule has 6 heteroatoms. The Bertz CT molecular complexity index is 601. The fraction of sp³-hybridized carbons (Fsp3) is 0.857. The molecule has 0 aromatic rings. The van der Waals surface area contributed by atoms with Crippen molar-refractivity contribution in [1.29, 1.82) is 0 Å². The monoisotopic (exact) mass is 378 g/mol. The molecular weight excluding hydrogens is 344 g/mol. The van der Waals surface area contributed by atoms with Gasteiger partial charge in [0.15, 0.2) is 0 Å². The van der Waals surface area contributed by atoms with Gasteiger partial charge < -0.3 is 14.9 Å². The lowest BCUT2D eigenvalue weighted by Gasteiger charge is -2.52. The average Bonchev–Trinajstić information content (AvgIpc) is 2.95. The molecule has 2 aliphatic carbocycles. The van der Waals surface area contributed by atoms with Crippen LogP contribution in [0.3, 0.4) is 0 Å². The third-order valence-corrected chi connectivity index (χ3v) is 7.91. The molecule has 2 N–H and O–H groups in total. The number of ether oxygens (including phenoxy) is 1. The van der Waals surface area contributed by atoms with Gasteiger partial charge in [-0.2, -0.15) is 0 Å². The molecule has 0 aromatic carbocycles. The Kier molecular flexibility index (Phi) is 5.36. The predicted octanol–water partition coefficient (Wildman–Crippen LogP) is 0.881. The van der Waals surface area contributed by atoms with E-state index in [1.165, 1.54) is 5.57 Å². The van der Waals surface area contributed by atoms with Crippen molar-refractivity contribution < 1.29 is 19.7 Å². The highest BCUT2D eigenvalue weighted by molar-refractivity contribution is 5.76. The normalized spacial score (nSPS) is 43.0. The first-order chi connectivity index (χ1) is 12.9. The molecule has 27 heavy (non-hydrogen) atoms. The second kappa shape index (κ2) is 7.47. The first-order valence-corrected chi connectivity index (χ1v) is 10.6. The molecule has 0 radical (unpaired) electrons. The van der Waals surface area contributed by atoms with Crippen molar-refractivity contribution in [3.8, 4) is 0 Å². The molecule has 4 rings (SSSR count). The molecular formula is C21H34N2O4. The van der Waals surface area contributed by atoms with Crippen molar-refractivity contribution in [3.05, 3.63) is 11.6 Å². The van der Waals surface area contributed by atoms with E-state index < -0.39 is 6.10 Å². The van der Waals surface area contributed by atoms with Crippen LogP contribution in [0.15, 0.2) is 11.6 Å². The number of nitrogens with zero attached hydrogens (tertiary/aromatic N) is 2. The van der Waals surface area contributed by atoms with E-state index in [1.807, 2.05) is 0 Å². The summed E-state index contributed by atoms with van der Waals surface area (Å²) < 4.78 is 5.77. The Morgan fingerprint density at radius 2 is 1.96 bits per heavy atom. The van der Waals surface area contributed by atoms with E-state index in [2.05, 4.69) is 29.7 Å². The fourth-order valence-electron chi connectivity index (χ4n) is 5.89. The van der Waals surface area contributed by atoms with E-state index in [-0.39, 0.29) is 35.9 Å². The van der Waals surface area contributed by atoms with Crippen LogP contribution in [-0.2, 0) is 9.53 Å². The number of allylic oxidation sites excluding steroid dienone is 1. The summed E-state index contributed by atoms with van der Waals surface area (Å²) in [6, 6.07) is 0. The first kappa shape index (κ1) is 19.4. The van der Waals surface area contributed by atoms with E-state index in [9.17, 15) is 9.90 Å². The minimum absolute atomic E-state index is 0.101. The summed E-state index contributed by atoms with van der Waals surface area (Å²) in [5.41, 5.74) is 1.06. The van der Waals surface area contributed by atoms with E-state index in [1.54, 1.807) is 0 Å². The van der Waals surface area contributed by atoms with Gasteiger partial charge in [0.05, 0.1) is 18.6 Å². The molecule has 0 amide bonds. The minimum atomic E-state index is -0.523. The number of esters is 1. The van der Waals surface area contributed by atoms with E-state index in [0.29, 0.717) is 19.0 Å². The topological polar surface area (TPSA) is 73.2 Å². The minimum Gasteiger partial charge on any atom is -0.461 e. The lowest BCUT2D eigenvalue weighted by molar-refractivity contribution is -0.145. The van der Waals surface area contributed by atoms with E-state index in [4.69, 9.17) is 9.84 Å². The van der Waals surface area contributed by atoms with Crippen LogP contribution in [0.5, 0.6) is 0 Å². The van der Waals surface area contributed by atoms with Gasteiger partial charge in [-0.15, -0.1) is 0 Å². The van der Waals surface area contributed by atoms with E-state index >= 15 is 0 Å². The molecule has 2 aliphatic heterocycles. The quantitative estimate of drug-likeness (QED) is 0.559. The number of fused-ring (bicyclic) bond motifs is 2. The highest BCUT2D eigenvalue weighted by Gasteiger charge is 2.59. The van der Waals surface area contributed by atoms with Gasteiger partial charge in [-0.05, 0) is 18.8 Å². The zero-order valence-electron chi connectivity index (χ0n) is 16.6. The van der Waals surface area contributed by atoms with Crippen LogP contribution in [0, 0.1) is 23.2 Å². The highest BCUT2D eigenvalue weighted by atomic mass is 16.6. The molecule has 6 nitrogen and oxygen atoms in total. The predicted molar refractivity (Wildman–Crippen MR) is 102 cm³/mol. The standard InChI is InChI=1S/C21H34N2O4/c1-14-4-3-5-15-12-17-18(19(25)21(14,15)2)16(20(26)27-17)13-23-8-6-22(7-9-23)10-11-24/h5,14,16-19,24-25H,3-4,6-13H2,1-2H3/t14-,16-,17-,18-,19-,21-/m1/s1. The van der Waals surface area contributed by atoms with Gasteiger partial charge in [-0.25, -0.2) is 0 Å². The maximum Gasteiger partial charge on any atom is 0.311 e. The van der Waals surface area contributed by atoms with Gasteiger partial charge in [-0.3, -0.25) is 14.6 Å². The highest BCUT2D eigenvalue weighted by Crippen LogP contribution is 2.56. The second-order valence-electron chi connectivity index (χ2n) is 9.16. The molecule has 2 heterocycles. The number of aliphatic hydroxyl groups is 2. The number of rotatable bonds is 4. The van der Waals surface area contributed by atoms with Crippen molar-refractivity contribution >= 4 is 5.97 Å². The van der Waals surface area contributed by atoms with Crippen molar-refractivity contribution in [1.82, 2.24) is 9.80 Å². The van der Waals surface area contributed by atoms with Crippen molar-refractivity contribution in [2.45, 2.75) is 45.3 Å². The zero-order valence-corrected chi connectivity index (χ0v) is 16.6. The number of carbonyl (C=O) groups excluding carboxylic acids is 1. The summed E-state index contributed by atoms with van der Waals surface area (Å²) in [6.07, 6.45) is 4.53. The Hall–Kier alpha value is -0.950. The second-order valence-corrected chi connectivity index (χ2v) is 9.16. The molecule has 0 bridgehead atoms. The van der Waals surface area contributed by atoms with Crippen LogP contribution < -0.4 is 0 Å². The summed E-state index contributed by atoms with van der Waals surface area (Å²) in [4.78, 5) is 17.3. The molecule has 3 fully saturated rings. The van der Waals surface area contributed by atoms with Crippen LogP contribution in [0.1, 0.15) is 33.1 Å². The largest absolute Gasteiger partial charge is 0.461 e. The summed E-state index contributed by atoms with van der Waals surface area (Å²) in [7, 11) is 0. The molecule has 2 saturated heterocycles. The Morgan fingerprint density at radius 1 is 1.26 bits per heavy atom. The van der Waals surface area contributed by atoms with Crippen LogP contribution in [0.25, 0.3) is 0 Å². The van der Waals surface area contributed by atoms with Crippen molar-refractivity contribution in [2.24, 2.45) is 23.2 Å². The molecule has 0 aromatic heterocycles. The number of hydrogen-bond acceptors (Lipinski definition) is 6. The third kappa shape index (κ3) is 3.24. The molecule has 6 atom stereocenters. The number of hydrogen-bond donors (Lipinski definition) is 2. The van der Waals surface area contributed by atoms with Crippen molar-refractivity contribution in [2.75, 3.05) is 45.9 Å². The molecule has 1 saturated carbocycles. The van der Waals surface area contributed by atoms with Gasteiger partial charge in [0.1, 0.15) is 6.10 Å². The summed E-state index contributed by atoms with van der Waals surface area (Å²) >= 11 is 0. The Morgan fingerprint density at radius 3 is 2.67 bits per heavy atom. The van der Waals surface area contributed by atoms with Crippen LogP contribution >= 0.6 is 0 Å². The average molecular weight is 379 g/mol. The van der Waals surface area contributed by atoms with Crippen LogP contribution in [0.4, 0.5) is 0 Å². The number of aliphatic hydroxyl groups excluding tert-OH is 2. The Labute approximate surface area is 162 Å². The van der Waals surface area contributed by atoms with Gasteiger partial charge in [-0.1, -0.05) is 25.5 Å². The third-order valence-electron chi connectivity index (χ3n) is 7.91. The number of piperazine rings is 1. The maximum atomic E-state index is 12.7. The molecule has 152 valence electrons.